The van der Waals surface area contributed by atoms with E-state index in [1.54, 1.807) is 0 Å². The lowest BCUT2D eigenvalue weighted by molar-refractivity contribution is -0.139. The lowest BCUT2D eigenvalue weighted by Crippen LogP contribution is -2.21. The van der Waals surface area contributed by atoms with E-state index < -0.39 is 18.2 Å². The molecule has 0 aromatic carbocycles. The van der Waals surface area contributed by atoms with Crippen LogP contribution in [0.15, 0.2) is 24.5 Å². The van der Waals surface area contributed by atoms with Gasteiger partial charge in [0.15, 0.2) is 0 Å². The van der Waals surface area contributed by atoms with Crippen LogP contribution in [0.4, 0.5) is 0 Å². The Morgan fingerprint density at radius 2 is 1.81 bits per heavy atom. The van der Waals surface area contributed by atoms with Gasteiger partial charge in [0.25, 0.3) is 0 Å². The van der Waals surface area contributed by atoms with Crippen LogP contribution in [0, 0.1) is 0 Å². The van der Waals surface area contributed by atoms with Crippen LogP contribution in [0.3, 0.4) is 0 Å². The summed E-state index contributed by atoms with van der Waals surface area (Å²) in [5.41, 5.74) is 0. The number of hydrogen-bond acceptors (Lipinski definition) is 3. The van der Waals surface area contributed by atoms with Crippen LogP contribution in [0.1, 0.15) is 19.3 Å². The molecule has 0 radical (unpaired) electrons. The van der Waals surface area contributed by atoms with Gasteiger partial charge in [0.05, 0.1) is 18.6 Å². The van der Waals surface area contributed by atoms with Gasteiger partial charge in [-0.3, -0.25) is 4.79 Å². The number of aryl methyl sites for hydroxylation is 1. The second-order valence-corrected chi connectivity index (χ2v) is 3.85. The first kappa shape index (κ1) is 12.7. The van der Waals surface area contributed by atoms with Gasteiger partial charge in [0.1, 0.15) is 0 Å². The zero-order valence-corrected chi connectivity index (χ0v) is 8.99. The maximum Gasteiger partial charge on any atom is 0.305 e. The van der Waals surface area contributed by atoms with Crippen molar-refractivity contribution in [3.05, 3.63) is 24.5 Å². The van der Waals surface area contributed by atoms with Crippen molar-refractivity contribution in [1.82, 2.24) is 4.57 Å². The van der Waals surface area contributed by atoms with Gasteiger partial charge >= 0.3 is 5.97 Å². The number of aromatic nitrogens is 1. The molecule has 0 aliphatic heterocycles. The molecule has 0 amide bonds. The smallest absolute Gasteiger partial charge is 0.305 e. The van der Waals surface area contributed by atoms with E-state index in [4.69, 9.17) is 5.11 Å². The third-order valence-corrected chi connectivity index (χ3v) is 2.34. The average Bonchev–Trinajstić information content (AvgIpc) is 2.65. The number of hydrogen-bond donors (Lipinski definition) is 3. The molecule has 1 rings (SSSR count). The number of carboxylic acids is 1. The Kier molecular flexibility index (Phi) is 5.01. The Hall–Kier alpha value is -1.33. The first-order valence-electron chi connectivity index (χ1n) is 5.26. The molecule has 2 atom stereocenters. The molecule has 0 aliphatic rings. The molecule has 0 aliphatic carbocycles. The molecule has 1 aromatic rings. The number of aliphatic hydroxyl groups excluding tert-OH is 2. The standard InChI is InChI=1S/C11H17NO4/c13-9(7-10(14)8-11(15)16)3-6-12-4-1-2-5-12/h1-2,4-5,9-10,13-14H,3,6-8H2,(H,15,16). The third kappa shape index (κ3) is 4.95. The summed E-state index contributed by atoms with van der Waals surface area (Å²) >= 11 is 0. The molecule has 0 spiro atoms. The quantitative estimate of drug-likeness (QED) is 0.632. The van der Waals surface area contributed by atoms with Gasteiger partial charge in [0.2, 0.25) is 0 Å². The van der Waals surface area contributed by atoms with Crippen LogP contribution in [0.25, 0.3) is 0 Å². The Bertz CT molecular complexity index is 310. The normalized spacial score (nSPS) is 14.6. The van der Waals surface area contributed by atoms with E-state index in [0.29, 0.717) is 13.0 Å². The highest BCUT2D eigenvalue weighted by molar-refractivity contribution is 5.67. The number of aliphatic hydroxyl groups is 2. The van der Waals surface area contributed by atoms with E-state index in [-0.39, 0.29) is 12.8 Å². The molecule has 5 nitrogen and oxygen atoms in total. The molecular formula is C11H17NO4. The van der Waals surface area contributed by atoms with Crippen molar-refractivity contribution >= 4 is 5.97 Å². The van der Waals surface area contributed by atoms with Crippen molar-refractivity contribution in [3.8, 4) is 0 Å². The SMILES string of the molecule is O=C(O)CC(O)CC(O)CCn1cccc1. The molecule has 0 bridgehead atoms. The molecule has 1 heterocycles. The second-order valence-electron chi connectivity index (χ2n) is 3.85. The summed E-state index contributed by atoms with van der Waals surface area (Å²) in [6.07, 6.45) is 2.43. The van der Waals surface area contributed by atoms with E-state index in [0.717, 1.165) is 0 Å². The Morgan fingerprint density at radius 1 is 1.19 bits per heavy atom. The Morgan fingerprint density at radius 3 is 2.38 bits per heavy atom. The fourth-order valence-corrected chi connectivity index (χ4v) is 1.53. The molecule has 0 saturated carbocycles. The van der Waals surface area contributed by atoms with Crippen LogP contribution in [0.2, 0.25) is 0 Å². The van der Waals surface area contributed by atoms with E-state index >= 15 is 0 Å². The van der Waals surface area contributed by atoms with Crippen LogP contribution >= 0.6 is 0 Å². The number of carboxylic acid groups (broad SMARTS) is 1. The van der Waals surface area contributed by atoms with Crippen LogP contribution < -0.4 is 0 Å². The van der Waals surface area contributed by atoms with Gasteiger partial charge in [-0.15, -0.1) is 0 Å². The number of aliphatic carboxylic acids is 1. The van der Waals surface area contributed by atoms with Crippen LogP contribution in [-0.2, 0) is 11.3 Å². The maximum atomic E-state index is 10.3. The molecule has 1 aromatic heterocycles. The van der Waals surface area contributed by atoms with E-state index in [1.165, 1.54) is 0 Å². The van der Waals surface area contributed by atoms with Crippen molar-refractivity contribution in [2.24, 2.45) is 0 Å². The summed E-state index contributed by atoms with van der Waals surface area (Å²) in [6, 6.07) is 3.79. The first-order chi connectivity index (χ1) is 7.58. The molecule has 0 fully saturated rings. The summed E-state index contributed by atoms with van der Waals surface area (Å²) in [5.74, 6) is -1.05. The highest BCUT2D eigenvalue weighted by atomic mass is 16.4. The summed E-state index contributed by atoms with van der Waals surface area (Å²) in [7, 11) is 0. The second kappa shape index (κ2) is 6.30. The Balaban J connectivity index is 2.20. The zero-order chi connectivity index (χ0) is 12.0. The molecular weight excluding hydrogens is 210 g/mol. The van der Waals surface area contributed by atoms with Crippen molar-refractivity contribution in [3.63, 3.8) is 0 Å². The summed E-state index contributed by atoms with van der Waals surface area (Å²) < 4.78 is 1.92. The minimum atomic E-state index is -1.05. The molecule has 5 heteroatoms. The number of nitrogens with zero attached hydrogens (tertiary/aromatic N) is 1. The van der Waals surface area contributed by atoms with E-state index in [2.05, 4.69) is 0 Å². The summed E-state index contributed by atoms with van der Waals surface area (Å²) in [4.78, 5) is 10.3. The summed E-state index contributed by atoms with van der Waals surface area (Å²) in [6.45, 7) is 0.661. The van der Waals surface area contributed by atoms with Crippen molar-refractivity contribution in [2.45, 2.75) is 38.0 Å². The van der Waals surface area contributed by atoms with Crippen molar-refractivity contribution < 1.29 is 20.1 Å². The van der Waals surface area contributed by atoms with Crippen LogP contribution in [0.5, 0.6) is 0 Å². The predicted octanol–water partition coefficient (Wildman–Crippen LogP) is 0.465. The van der Waals surface area contributed by atoms with Crippen molar-refractivity contribution in [1.29, 1.82) is 0 Å². The predicted molar refractivity (Wildman–Crippen MR) is 57.9 cm³/mol. The lowest BCUT2D eigenvalue weighted by Gasteiger charge is -2.14. The Labute approximate surface area is 93.9 Å². The van der Waals surface area contributed by atoms with Gasteiger partial charge in [-0.05, 0) is 25.0 Å². The third-order valence-electron chi connectivity index (χ3n) is 2.34. The monoisotopic (exact) mass is 227 g/mol. The minimum absolute atomic E-state index is 0.105. The molecule has 90 valence electrons. The number of carbonyl (C=O) groups is 1. The van der Waals surface area contributed by atoms with Gasteiger partial charge in [-0.1, -0.05) is 0 Å². The highest BCUT2D eigenvalue weighted by Gasteiger charge is 2.14. The van der Waals surface area contributed by atoms with E-state index in [9.17, 15) is 15.0 Å². The molecule has 3 N–H and O–H groups in total. The van der Waals surface area contributed by atoms with Gasteiger partial charge in [-0.25, -0.2) is 0 Å². The largest absolute Gasteiger partial charge is 0.481 e. The maximum absolute atomic E-state index is 10.3. The lowest BCUT2D eigenvalue weighted by atomic mass is 10.1. The van der Waals surface area contributed by atoms with Crippen molar-refractivity contribution in [2.75, 3.05) is 0 Å². The fraction of sp³-hybridized carbons (Fsp3) is 0.545. The minimum Gasteiger partial charge on any atom is -0.481 e. The van der Waals surface area contributed by atoms with E-state index in [1.807, 2.05) is 29.1 Å². The zero-order valence-electron chi connectivity index (χ0n) is 8.99. The topological polar surface area (TPSA) is 82.7 Å². The fourth-order valence-electron chi connectivity index (χ4n) is 1.53. The molecule has 2 unspecified atom stereocenters. The first-order valence-corrected chi connectivity index (χ1v) is 5.26. The highest BCUT2D eigenvalue weighted by Crippen LogP contribution is 2.07. The number of rotatable bonds is 7. The van der Waals surface area contributed by atoms with Gasteiger partial charge in [-0.2, -0.15) is 0 Å². The average molecular weight is 227 g/mol. The van der Waals surface area contributed by atoms with Gasteiger partial charge < -0.3 is 19.9 Å². The van der Waals surface area contributed by atoms with Crippen LogP contribution in [-0.4, -0.2) is 38.1 Å². The molecule has 0 saturated heterocycles. The summed E-state index contributed by atoms with van der Waals surface area (Å²) in [5, 5.41) is 27.3. The van der Waals surface area contributed by atoms with Gasteiger partial charge in [0, 0.05) is 18.9 Å². The molecule has 16 heavy (non-hydrogen) atoms.